The van der Waals surface area contributed by atoms with Crippen LogP contribution in [0, 0.1) is 5.82 Å². The molecule has 1 saturated heterocycles. The molecule has 0 aromatic carbocycles. The lowest BCUT2D eigenvalue weighted by Crippen LogP contribution is -2.25. The normalized spacial score (nSPS) is 20.5. The smallest absolute Gasteiger partial charge is 0.145 e. The molecule has 0 unspecified atom stereocenters. The fourth-order valence-electron chi connectivity index (χ4n) is 3.42. The largest absolute Gasteiger partial charge is 0.380 e. The van der Waals surface area contributed by atoms with E-state index in [0.717, 1.165) is 30.0 Å². The number of halogens is 1. The van der Waals surface area contributed by atoms with Crippen molar-refractivity contribution in [3.63, 3.8) is 0 Å². The molecule has 134 valence electrons. The van der Waals surface area contributed by atoms with E-state index in [9.17, 15) is 4.39 Å². The van der Waals surface area contributed by atoms with Gasteiger partial charge in [0.2, 0.25) is 0 Å². The molecule has 2 atom stereocenters. The molecular weight excluding hydrogens is 333 g/mol. The van der Waals surface area contributed by atoms with Gasteiger partial charge >= 0.3 is 0 Å². The highest BCUT2D eigenvalue weighted by Crippen LogP contribution is 2.34. The van der Waals surface area contributed by atoms with Gasteiger partial charge in [0, 0.05) is 49.9 Å². The Morgan fingerprint density at radius 2 is 2.12 bits per heavy atom. The summed E-state index contributed by atoms with van der Waals surface area (Å²) < 4.78 is 19.6. The first-order valence-electron chi connectivity index (χ1n) is 8.55. The number of nitrogens with one attached hydrogen (secondary N) is 1. The van der Waals surface area contributed by atoms with E-state index in [2.05, 4.69) is 24.8 Å². The van der Waals surface area contributed by atoms with Crippen molar-refractivity contribution in [1.82, 2.24) is 24.8 Å². The van der Waals surface area contributed by atoms with Crippen LogP contribution in [0.25, 0.3) is 11.3 Å². The summed E-state index contributed by atoms with van der Waals surface area (Å²) in [5.74, 6) is 0.570. The molecule has 4 heterocycles. The van der Waals surface area contributed by atoms with Crippen LogP contribution in [0.1, 0.15) is 23.9 Å². The SMILES string of the molecule is CO[C@@H]1C[C@@H](c2ncc(-c3cccnc3)[nH]2)N(Cc2ccncc2F)C1. The Morgan fingerprint density at radius 1 is 1.23 bits per heavy atom. The van der Waals surface area contributed by atoms with Gasteiger partial charge in [-0.15, -0.1) is 0 Å². The summed E-state index contributed by atoms with van der Waals surface area (Å²) in [6, 6.07) is 5.64. The van der Waals surface area contributed by atoms with Crippen LogP contribution in [-0.4, -0.2) is 44.6 Å². The molecule has 3 aromatic rings. The van der Waals surface area contributed by atoms with Gasteiger partial charge in [-0.25, -0.2) is 9.37 Å². The third-order valence-corrected chi connectivity index (χ3v) is 4.81. The predicted octanol–water partition coefficient (Wildman–Crippen LogP) is 2.97. The monoisotopic (exact) mass is 353 g/mol. The molecule has 1 fully saturated rings. The zero-order valence-electron chi connectivity index (χ0n) is 14.5. The summed E-state index contributed by atoms with van der Waals surface area (Å²) in [6.07, 6.45) is 9.13. The number of rotatable bonds is 5. The maximum absolute atomic E-state index is 14.0. The number of nitrogens with zero attached hydrogens (tertiary/aromatic N) is 4. The number of imidazole rings is 1. The summed E-state index contributed by atoms with van der Waals surface area (Å²) >= 11 is 0. The van der Waals surface area contributed by atoms with E-state index in [0.29, 0.717) is 12.1 Å². The molecule has 0 spiro atoms. The standard InChI is InChI=1S/C19H20FN5O/c1-26-15-7-18(25(12-15)11-14-4-6-22-9-16(14)20)19-23-10-17(24-19)13-3-2-5-21-8-13/h2-6,8-10,15,18H,7,11-12H2,1H3,(H,23,24)/t15-,18+/m1/s1. The van der Waals surface area contributed by atoms with Crippen molar-refractivity contribution in [3.8, 4) is 11.3 Å². The summed E-state index contributed by atoms with van der Waals surface area (Å²) in [5, 5.41) is 0. The van der Waals surface area contributed by atoms with Gasteiger partial charge in [0.15, 0.2) is 0 Å². The minimum absolute atomic E-state index is 0.0398. The minimum Gasteiger partial charge on any atom is -0.380 e. The lowest BCUT2D eigenvalue weighted by atomic mass is 10.1. The molecule has 26 heavy (non-hydrogen) atoms. The lowest BCUT2D eigenvalue weighted by Gasteiger charge is -2.22. The van der Waals surface area contributed by atoms with Crippen LogP contribution >= 0.6 is 0 Å². The number of aromatic nitrogens is 4. The van der Waals surface area contributed by atoms with Crippen LogP contribution in [0.5, 0.6) is 0 Å². The van der Waals surface area contributed by atoms with Gasteiger partial charge in [-0.2, -0.15) is 0 Å². The van der Waals surface area contributed by atoms with Crippen molar-refractivity contribution in [2.75, 3.05) is 13.7 Å². The maximum atomic E-state index is 14.0. The Hall–Kier alpha value is -2.64. The van der Waals surface area contributed by atoms with Crippen molar-refractivity contribution in [2.45, 2.75) is 25.1 Å². The molecule has 0 amide bonds. The molecule has 0 saturated carbocycles. The van der Waals surface area contributed by atoms with E-state index >= 15 is 0 Å². The molecule has 1 N–H and O–H groups in total. The fourth-order valence-corrected chi connectivity index (χ4v) is 3.42. The maximum Gasteiger partial charge on any atom is 0.145 e. The van der Waals surface area contributed by atoms with Crippen molar-refractivity contribution in [3.05, 3.63) is 66.4 Å². The Morgan fingerprint density at radius 3 is 2.88 bits per heavy atom. The molecule has 0 bridgehead atoms. The highest BCUT2D eigenvalue weighted by molar-refractivity contribution is 5.56. The Labute approximate surface area is 151 Å². The van der Waals surface area contributed by atoms with Crippen LogP contribution in [0.3, 0.4) is 0 Å². The molecule has 4 rings (SSSR count). The molecular formula is C19H20FN5O. The highest BCUT2D eigenvalue weighted by atomic mass is 19.1. The second kappa shape index (κ2) is 7.31. The number of methoxy groups -OCH3 is 1. The Bertz CT molecular complexity index is 869. The fraction of sp³-hybridized carbons (Fsp3) is 0.316. The van der Waals surface area contributed by atoms with Crippen LogP contribution in [-0.2, 0) is 11.3 Å². The molecule has 1 aliphatic heterocycles. The summed E-state index contributed by atoms with van der Waals surface area (Å²) in [5.41, 5.74) is 2.53. The first-order valence-corrected chi connectivity index (χ1v) is 8.55. The van der Waals surface area contributed by atoms with E-state index in [1.54, 1.807) is 31.8 Å². The zero-order valence-corrected chi connectivity index (χ0v) is 14.5. The molecule has 3 aromatic heterocycles. The second-order valence-electron chi connectivity index (χ2n) is 6.43. The first-order chi connectivity index (χ1) is 12.7. The Balaban J connectivity index is 1.59. The molecule has 1 aliphatic rings. The van der Waals surface area contributed by atoms with Gasteiger partial charge in [0.1, 0.15) is 11.6 Å². The number of hydrogen-bond donors (Lipinski definition) is 1. The quantitative estimate of drug-likeness (QED) is 0.764. The number of H-pyrrole nitrogens is 1. The van der Waals surface area contributed by atoms with Gasteiger partial charge < -0.3 is 9.72 Å². The average Bonchev–Trinajstić information content (AvgIpc) is 3.31. The highest BCUT2D eigenvalue weighted by Gasteiger charge is 2.35. The number of ether oxygens (including phenoxy) is 1. The number of likely N-dealkylation sites (tertiary alicyclic amines) is 1. The van der Waals surface area contributed by atoms with E-state index in [4.69, 9.17) is 4.74 Å². The summed E-state index contributed by atoms with van der Waals surface area (Å²) in [4.78, 5) is 18.1. The topological polar surface area (TPSA) is 66.9 Å². The minimum atomic E-state index is -0.289. The van der Waals surface area contributed by atoms with Crippen molar-refractivity contribution < 1.29 is 9.13 Å². The third kappa shape index (κ3) is 3.36. The van der Waals surface area contributed by atoms with Gasteiger partial charge in [-0.1, -0.05) is 0 Å². The van der Waals surface area contributed by atoms with E-state index in [1.165, 1.54) is 6.20 Å². The Kier molecular flexibility index (Phi) is 4.73. The van der Waals surface area contributed by atoms with E-state index in [1.807, 2.05) is 18.3 Å². The first kappa shape index (κ1) is 16.8. The van der Waals surface area contributed by atoms with Gasteiger partial charge in [0.25, 0.3) is 0 Å². The van der Waals surface area contributed by atoms with Crippen LogP contribution < -0.4 is 0 Å². The van der Waals surface area contributed by atoms with Gasteiger partial charge in [-0.3, -0.25) is 14.9 Å². The predicted molar refractivity (Wildman–Crippen MR) is 94.6 cm³/mol. The van der Waals surface area contributed by atoms with Crippen LogP contribution in [0.15, 0.2) is 49.2 Å². The summed E-state index contributed by atoms with van der Waals surface area (Å²) in [6.45, 7) is 1.22. The molecule has 0 radical (unpaired) electrons. The van der Waals surface area contributed by atoms with E-state index in [-0.39, 0.29) is 18.0 Å². The van der Waals surface area contributed by atoms with Gasteiger partial charge in [0.05, 0.1) is 30.2 Å². The zero-order chi connectivity index (χ0) is 17.9. The number of aromatic amines is 1. The van der Waals surface area contributed by atoms with Crippen molar-refractivity contribution in [2.24, 2.45) is 0 Å². The third-order valence-electron chi connectivity index (χ3n) is 4.81. The number of pyridine rings is 2. The lowest BCUT2D eigenvalue weighted by molar-refractivity contribution is 0.107. The van der Waals surface area contributed by atoms with E-state index < -0.39 is 0 Å². The van der Waals surface area contributed by atoms with Gasteiger partial charge in [-0.05, 0) is 24.6 Å². The molecule has 7 heteroatoms. The average molecular weight is 353 g/mol. The van der Waals surface area contributed by atoms with Crippen LogP contribution in [0.4, 0.5) is 4.39 Å². The molecule has 6 nitrogen and oxygen atoms in total. The van der Waals surface area contributed by atoms with Crippen LogP contribution in [0.2, 0.25) is 0 Å². The summed E-state index contributed by atoms with van der Waals surface area (Å²) in [7, 11) is 1.71. The molecule has 0 aliphatic carbocycles. The second-order valence-corrected chi connectivity index (χ2v) is 6.43. The van der Waals surface area contributed by atoms with Crippen molar-refractivity contribution >= 4 is 0 Å². The van der Waals surface area contributed by atoms with Crippen molar-refractivity contribution in [1.29, 1.82) is 0 Å². The number of hydrogen-bond acceptors (Lipinski definition) is 5.